The lowest BCUT2D eigenvalue weighted by Crippen LogP contribution is -2.31. The summed E-state index contributed by atoms with van der Waals surface area (Å²) in [5.74, 6) is 0.545. The maximum Gasteiger partial charge on any atom is 0.337 e. The highest BCUT2D eigenvalue weighted by molar-refractivity contribution is 5.89. The Balaban J connectivity index is 2.82. The van der Waals surface area contributed by atoms with Gasteiger partial charge in [0.15, 0.2) is 0 Å². The highest BCUT2D eigenvalue weighted by atomic mass is 16.5. The summed E-state index contributed by atoms with van der Waals surface area (Å²) in [7, 11) is 1.43. The van der Waals surface area contributed by atoms with Gasteiger partial charge in [0.1, 0.15) is 5.76 Å². The number of esters is 1. The van der Waals surface area contributed by atoms with Crippen molar-refractivity contribution in [2.75, 3.05) is 13.7 Å². The molecule has 0 bridgehead atoms. The topological polar surface area (TPSA) is 35.5 Å². The number of allylic oxidation sites excluding steroid dienone is 3. The molecule has 0 aliphatic carbocycles. The van der Waals surface area contributed by atoms with E-state index in [0.717, 1.165) is 49.9 Å². The van der Waals surface area contributed by atoms with Crippen LogP contribution in [0.1, 0.15) is 52.4 Å². The van der Waals surface area contributed by atoms with Crippen LogP contribution < -0.4 is 0 Å². The Kier molecular flexibility index (Phi) is 6.73. The van der Waals surface area contributed by atoms with Crippen LogP contribution in [0.3, 0.4) is 0 Å². The quantitative estimate of drug-likeness (QED) is 0.486. The van der Waals surface area contributed by atoms with Crippen LogP contribution >= 0.6 is 0 Å². The van der Waals surface area contributed by atoms with Crippen molar-refractivity contribution in [3.63, 3.8) is 0 Å². The molecule has 1 rings (SSSR count). The minimum absolute atomic E-state index is 0.0183. The number of methoxy groups -OCH3 is 1. The van der Waals surface area contributed by atoms with Crippen molar-refractivity contribution in [2.45, 2.75) is 52.4 Å². The first-order valence-corrected chi connectivity index (χ1v) is 7.60. The SMILES string of the molecule is C=CCCC1(C)COC(CCCC(=C)C)=C(C(=O)OC)C1. The highest BCUT2D eigenvalue weighted by Crippen LogP contribution is 2.39. The van der Waals surface area contributed by atoms with Gasteiger partial charge in [-0.1, -0.05) is 18.6 Å². The van der Waals surface area contributed by atoms with Crippen molar-refractivity contribution in [3.05, 3.63) is 36.1 Å². The molecule has 0 saturated heterocycles. The van der Waals surface area contributed by atoms with Crippen molar-refractivity contribution < 1.29 is 14.3 Å². The first-order chi connectivity index (χ1) is 9.91. The van der Waals surface area contributed by atoms with Crippen LogP contribution in [0.15, 0.2) is 36.1 Å². The van der Waals surface area contributed by atoms with Crippen LogP contribution in [-0.2, 0) is 14.3 Å². The molecule has 3 nitrogen and oxygen atoms in total. The molecular weight excluding hydrogens is 264 g/mol. The Morgan fingerprint density at radius 3 is 2.81 bits per heavy atom. The van der Waals surface area contributed by atoms with Crippen LogP contribution in [-0.4, -0.2) is 19.7 Å². The molecule has 0 aromatic heterocycles. The van der Waals surface area contributed by atoms with Crippen LogP contribution in [0.2, 0.25) is 0 Å². The molecule has 1 aliphatic heterocycles. The van der Waals surface area contributed by atoms with E-state index >= 15 is 0 Å². The average Bonchev–Trinajstić information content (AvgIpc) is 2.45. The Hall–Kier alpha value is -1.51. The lowest BCUT2D eigenvalue weighted by atomic mass is 9.78. The van der Waals surface area contributed by atoms with Crippen LogP contribution in [0.5, 0.6) is 0 Å². The largest absolute Gasteiger partial charge is 0.497 e. The number of hydrogen-bond donors (Lipinski definition) is 0. The van der Waals surface area contributed by atoms with Gasteiger partial charge in [-0.3, -0.25) is 0 Å². The molecule has 0 spiro atoms. The molecule has 1 unspecified atom stereocenters. The summed E-state index contributed by atoms with van der Waals surface area (Å²) in [5, 5.41) is 0. The average molecular weight is 292 g/mol. The van der Waals surface area contributed by atoms with Gasteiger partial charge in [0.05, 0.1) is 19.3 Å². The molecule has 3 heteroatoms. The first kappa shape index (κ1) is 17.5. The van der Waals surface area contributed by atoms with E-state index in [9.17, 15) is 4.79 Å². The fraction of sp³-hybridized carbons (Fsp3) is 0.611. The standard InChI is InChI=1S/C18H28O3/c1-6-7-11-18(4)12-15(17(19)20-5)16(21-13-18)10-8-9-14(2)3/h6H,1-2,7-13H2,3-5H3. The van der Waals surface area contributed by atoms with Crippen molar-refractivity contribution in [2.24, 2.45) is 5.41 Å². The number of ether oxygens (including phenoxy) is 2. The van der Waals surface area contributed by atoms with Crippen LogP contribution in [0.4, 0.5) is 0 Å². The number of carbonyl (C=O) groups is 1. The Bertz CT molecular complexity index is 434. The van der Waals surface area contributed by atoms with Gasteiger partial charge in [-0.2, -0.15) is 0 Å². The van der Waals surface area contributed by atoms with Gasteiger partial charge in [-0.25, -0.2) is 4.79 Å². The van der Waals surface area contributed by atoms with E-state index in [-0.39, 0.29) is 11.4 Å². The van der Waals surface area contributed by atoms with E-state index in [0.29, 0.717) is 12.2 Å². The molecule has 0 aromatic carbocycles. The lowest BCUT2D eigenvalue weighted by Gasteiger charge is -2.35. The molecule has 1 aliphatic rings. The molecule has 0 saturated carbocycles. The van der Waals surface area contributed by atoms with Crippen molar-refractivity contribution in [3.8, 4) is 0 Å². The fourth-order valence-corrected chi connectivity index (χ4v) is 2.62. The fourth-order valence-electron chi connectivity index (χ4n) is 2.62. The third-order valence-corrected chi connectivity index (χ3v) is 3.93. The van der Waals surface area contributed by atoms with Gasteiger partial charge in [-0.15, -0.1) is 13.2 Å². The minimum atomic E-state index is -0.259. The van der Waals surface area contributed by atoms with Gasteiger partial charge < -0.3 is 9.47 Å². The zero-order chi connectivity index (χ0) is 15.9. The second-order valence-corrected chi connectivity index (χ2v) is 6.31. The Morgan fingerprint density at radius 2 is 2.24 bits per heavy atom. The zero-order valence-corrected chi connectivity index (χ0v) is 13.7. The van der Waals surface area contributed by atoms with Gasteiger partial charge in [-0.05, 0) is 39.0 Å². The summed E-state index contributed by atoms with van der Waals surface area (Å²) in [6.07, 6.45) is 7.21. The molecule has 0 aromatic rings. The molecule has 21 heavy (non-hydrogen) atoms. The highest BCUT2D eigenvalue weighted by Gasteiger charge is 2.35. The molecule has 1 atom stereocenters. The molecule has 0 fully saturated rings. The smallest absolute Gasteiger partial charge is 0.337 e. The van der Waals surface area contributed by atoms with E-state index in [1.54, 1.807) is 0 Å². The van der Waals surface area contributed by atoms with Gasteiger partial charge in [0.2, 0.25) is 0 Å². The van der Waals surface area contributed by atoms with Gasteiger partial charge in [0.25, 0.3) is 0 Å². The third-order valence-electron chi connectivity index (χ3n) is 3.93. The maximum absolute atomic E-state index is 12.0. The summed E-state index contributed by atoms with van der Waals surface area (Å²) >= 11 is 0. The molecule has 0 N–H and O–H groups in total. The third kappa shape index (κ3) is 5.41. The first-order valence-electron chi connectivity index (χ1n) is 7.60. The van der Waals surface area contributed by atoms with Crippen LogP contribution in [0, 0.1) is 5.41 Å². The summed E-state index contributed by atoms with van der Waals surface area (Å²) in [6, 6.07) is 0. The van der Waals surface area contributed by atoms with Gasteiger partial charge in [0, 0.05) is 11.8 Å². The molecular formula is C18H28O3. The lowest BCUT2D eigenvalue weighted by molar-refractivity contribution is -0.137. The predicted octanol–water partition coefficient (Wildman–Crippen LogP) is 4.55. The van der Waals surface area contributed by atoms with Crippen molar-refractivity contribution >= 4 is 5.97 Å². The molecule has 0 radical (unpaired) electrons. The number of carbonyl (C=O) groups excluding carboxylic acids is 1. The van der Waals surface area contributed by atoms with E-state index in [2.05, 4.69) is 20.1 Å². The summed E-state index contributed by atoms with van der Waals surface area (Å²) in [5.41, 5.74) is 1.84. The normalized spacial score (nSPS) is 21.7. The van der Waals surface area contributed by atoms with E-state index < -0.39 is 0 Å². The summed E-state index contributed by atoms with van der Waals surface area (Å²) < 4.78 is 10.9. The minimum Gasteiger partial charge on any atom is -0.497 e. The number of rotatable bonds is 8. The van der Waals surface area contributed by atoms with Crippen LogP contribution in [0.25, 0.3) is 0 Å². The van der Waals surface area contributed by atoms with Gasteiger partial charge >= 0.3 is 5.97 Å². The van der Waals surface area contributed by atoms with Crippen molar-refractivity contribution in [1.29, 1.82) is 0 Å². The Labute approximate surface area is 128 Å². The maximum atomic E-state index is 12.0. The Morgan fingerprint density at radius 1 is 1.52 bits per heavy atom. The second-order valence-electron chi connectivity index (χ2n) is 6.31. The van der Waals surface area contributed by atoms with E-state index in [1.165, 1.54) is 7.11 Å². The van der Waals surface area contributed by atoms with E-state index in [4.69, 9.17) is 9.47 Å². The summed E-state index contributed by atoms with van der Waals surface area (Å²) in [6.45, 7) is 12.5. The molecule has 0 amide bonds. The molecule has 118 valence electrons. The van der Waals surface area contributed by atoms with Crippen molar-refractivity contribution in [1.82, 2.24) is 0 Å². The second kappa shape index (κ2) is 8.06. The zero-order valence-electron chi connectivity index (χ0n) is 13.7. The molecule has 1 heterocycles. The number of hydrogen-bond acceptors (Lipinski definition) is 3. The predicted molar refractivity (Wildman–Crippen MR) is 85.8 cm³/mol. The monoisotopic (exact) mass is 292 g/mol. The summed E-state index contributed by atoms with van der Waals surface area (Å²) in [4.78, 5) is 12.0. The van der Waals surface area contributed by atoms with E-state index in [1.807, 2.05) is 13.0 Å².